The standard InChI is InChI=1S/C23H18N2O6S/c1-24-21-19(20(26)25(23(24)28)10-14-5-3-2-4-6-14)16(12-32-21)22(27)29-11-15-7-8-17-18(9-15)31-13-30-17/h2-9,12H,10-11,13H2,1H3. The predicted octanol–water partition coefficient (Wildman–Crippen LogP) is 2.90. The van der Waals surface area contributed by atoms with E-state index in [1.165, 1.54) is 4.57 Å². The molecule has 1 aliphatic rings. The van der Waals surface area contributed by atoms with Crippen molar-refractivity contribution < 1.29 is 19.0 Å². The monoisotopic (exact) mass is 450 g/mol. The van der Waals surface area contributed by atoms with E-state index in [9.17, 15) is 14.4 Å². The Morgan fingerprint density at radius 1 is 1.06 bits per heavy atom. The summed E-state index contributed by atoms with van der Waals surface area (Å²) in [6.07, 6.45) is 0. The molecule has 0 amide bonds. The van der Waals surface area contributed by atoms with Crippen molar-refractivity contribution in [3.05, 3.63) is 91.4 Å². The van der Waals surface area contributed by atoms with Crippen molar-refractivity contribution in [3.8, 4) is 11.5 Å². The topological polar surface area (TPSA) is 88.8 Å². The lowest BCUT2D eigenvalue weighted by Gasteiger charge is -2.10. The van der Waals surface area contributed by atoms with Gasteiger partial charge < -0.3 is 14.2 Å². The molecule has 0 bridgehead atoms. The van der Waals surface area contributed by atoms with Crippen LogP contribution in [0.2, 0.25) is 0 Å². The second kappa shape index (κ2) is 8.01. The average molecular weight is 450 g/mol. The van der Waals surface area contributed by atoms with Gasteiger partial charge in [0.25, 0.3) is 5.56 Å². The van der Waals surface area contributed by atoms with Crippen molar-refractivity contribution in [1.82, 2.24) is 9.13 Å². The van der Waals surface area contributed by atoms with Gasteiger partial charge in [0.2, 0.25) is 6.79 Å². The third kappa shape index (κ3) is 3.46. The number of hydrogen-bond acceptors (Lipinski definition) is 7. The normalized spacial score (nSPS) is 12.3. The number of carbonyl (C=O) groups excluding carboxylic acids is 1. The molecule has 3 heterocycles. The van der Waals surface area contributed by atoms with Crippen LogP contribution in [0, 0.1) is 0 Å². The zero-order valence-corrected chi connectivity index (χ0v) is 17.9. The Bertz CT molecular complexity index is 1450. The minimum absolute atomic E-state index is 0.0107. The molecule has 32 heavy (non-hydrogen) atoms. The Kier molecular flexibility index (Phi) is 5.02. The van der Waals surface area contributed by atoms with Crippen LogP contribution in [0.4, 0.5) is 0 Å². The van der Waals surface area contributed by atoms with Crippen LogP contribution < -0.4 is 20.7 Å². The zero-order chi connectivity index (χ0) is 22.2. The van der Waals surface area contributed by atoms with Gasteiger partial charge in [0, 0.05) is 12.4 Å². The third-order valence-electron chi connectivity index (χ3n) is 5.26. The fraction of sp³-hybridized carbons (Fsp3) is 0.174. The number of ether oxygens (including phenoxy) is 3. The van der Waals surface area contributed by atoms with Crippen LogP contribution in [0.15, 0.2) is 63.5 Å². The SMILES string of the molecule is Cn1c(=O)n(Cc2ccccc2)c(=O)c2c(C(=O)OCc3ccc4c(c3)OCO4)csc21. The highest BCUT2D eigenvalue weighted by molar-refractivity contribution is 7.17. The number of carbonyl (C=O) groups is 1. The maximum atomic E-state index is 13.2. The van der Waals surface area contributed by atoms with Crippen LogP contribution in [0.5, 0.6) is 11.5 Å². The molecule has 2 aromatic heterocycles. The quantitative estimate of drug-likeness (QED) is 0.435. The summed E-state index contributed by atoms with van der Waals surface area (Å²) >= 11 is 1.16. The molecule has 0 aliphatic carbocycles. The third-order valence-corrected chi connectivity index (χ3v) is 6.32. The van der Waals surface area contributed by atoms with E-state index in [0.29, 0.717) is 16.3 Å². The fourth-order valence-corrected chi connectivity index (χ4v) is 4.60. The molecule has 0 saturated heterocycles. The molecule has 2 aromatic carbocycles. The molecule has 0 unspecified atom stereocenters. The molecule has 162 valence electrons. The van der Waals surface area contributed by atoms with Crippen molar-refractivity contribution in [1.29, 1.82) is 0 Å². The van der Waals surface area contributed by atoms with Gasteiger partial charge in [-0.2, -0.15) is 0 Å². The summed E-state index contributed by atoms with van der Waals surface area (Å²) in [6.45, 7) is 0.286. The number of fused-ring (bicyclic) bond motifs is 2. The second-order valence-corrected chi connectivity index (χ2v) is 8.17. The molecule has 1 aliphatic heterocycles. The first kappa shape index (κ1) is 20.1. The van der Waals surface area contributed by atoms with Gasteiger partial charge in [-0.3, -0.25) is 13.9 Å². The van der Waals surface area contributed by atoms with Gasteiger partial charge in [0.05, 0.1) is 17.5 Å². The molecule has 0 saturated carbocycles. The van der Waals surface area contributed by atoms with Gasteiger partial charge in [0.1, 0.15) is 11.4 Å². The highest BCUT2D eigenvalue weighted by Gasteiger charge is 2.22. The van der Waals surface area contributed by atoms with E-state index < -0.39 is 17.2 Å². The van der Waals surface area contributed by atoms with E-state index in [1.54, 1.807) is 30.6 Å². The second-order valence-electron chi connectivity index (χ2n) is 7.31. The largest absolute Gasteiger partial charge is 0.457 e. The highest BCUT2D eigenvalue weighted by Crippen LogP contribution is 2.32. The molecule has 0 N–H and O–H groups in total. The Morgan fingerprint density at radius 3 is 2.66 bits per heavy atom. The number of rotatable bonds is 5. The molecular formula is C23H18N2O6S. The highest BCUT2D eigenvalue weighted by atomic mass is 32.1. The lowest BCUT2D eigenvalue weighted by molar-refractivity contribution is 0.0475. The van der Waals surface area contributed by atoms with E-state index in [2.05, 4.69) is 0 Å². The summed E-state index contributed by atoms with van der Waals surface area (Å²) in [5.74, 6) is 0.609. The summed E-state index contributed by atoms with van der Waals surface area (Å²) < 4.78 is 18.6. The van der Waals surface area contributed by atoms with Gasteiger partial charge in [-0.15, -0.1) is 11.3 Å². The van der Waals surface area contributed by atoms with E-state index in [-0.39, 0.29) is 30.9 Å². The Balaban J connectivity index is 1.47. The Hall–Kier alpha value is -3.85. The first-order valence-corrected chi connectivity index (χ1v) is 10.7. The average Bonchev–Trinajstić information content (AvgIpc) is 3.46. The van der Waals surface area contributed by atoms with Crippen LogP contribution in [0.3, 0.4) is 0 Å². The number of thiophene rings is 1. The van der Waals surface area contributed by atoms with Crippen molar-refractivity contribution in [2.75, 3.05) is 6.79 Å². The lowest BCUT2D eigenvalue weighted by atomic mass is 10.2. The zero-order valence-electron chi connectivity index (χ0n) is 17.1. The molecule has 0 atom stereocenters. The van der Waals surface area contributed by atoms with E-state index >= 15 is 0 Å². The Labute approximate surface area is 185 Å². The van der Waals surface area contributed by atoms with E-state index in [1.807, 2.05) is 30.3 Å². The molecular weight excluding hydrogens is 432 g/mol. The summed E-state index contributed by atoms with van der Waals surface area (Å²) in [4.78, 5) is 39.3. The summed E-state index contributed by atoms with van der Waals surface area (Å²) in [6, 6.07) is 14.5. The molecule has 9 heteroatoms. The van der Waals surface area contributed by atoms with Crippen LogP contribution in [0.25, 0.3) is 10.2 Å². The van der Waals surface area contributed by atoms with E-state index in [0.717, 1.165) is 27.0 Å². The summed E-state index contributed by atoms with van der Waals surface area (Å²) in [7, 11) is 1.59. The molecule has 4 aromatic rings. The van der Waals surface area contributed by atoms with Crippen molar-refractivity contribution in [2.24, 2.45) is 7.05 Å². The number of aromatic nitrogens is 2. The number of benzene rings is 2. The van der Waals surface area contributed by atoms with Gasteiger partial charge in [0.15, 0.2) is 11.5 Å². The minimum atomic E-state index is -0.629. The van der Waals surface area contributed by atoms with Crippen LogP contribution in [0.1, 0.15) is 21.5 Å². The predicted molar refractivity (Wildman–Crippen MR) is 119 cm³/mol. The summed E-state index contributed by atoms with van der Waals surface area (Å²) in [5, 5.41) is 1.74. The number of aryl methyl sites for hydroxylation is 1. The first-order valence-electron chi connectivity index (χ1n) is 9.83. The fourth-order valence-electron chi connectivity index (χ4n) is 3.60. The van der Waals surface area contributed by atoms with Crippen LogP contribution in [-0.2, 0) is 24.9 Å². The van der Waals surface area contributed by atoms with Crippen molar-refractivity contribution in [3.63, 3.8) is 0 Å². The number of nitrogens with zero attached hydrogens (tertiary/aromatic N) is 2. The van der Waals surface area contributed by atoms with E-state index in [4.69, 9.17) is 14.2 Å². The number of hydrogen-bond donors (Lipinski definition) is 0. The first-order chi connectivity index (χ1) is 15.5. The lowest BCUT2D eigenvalue weighted by Crippen LogP contribution is -2.39. The summed E-state index contributed by atoms with van der Waals surface area (Å²) in [5.41, 5.74) is 0.745. The van der Waals surface area contributed by atoms with Gasteiger partial charge in [-0.1, -0.05) is 36.4 Å². The molecule has 0 radical (unpaired) electrons. The maximum Gasteiger partial charge on any atom is 0.340 e. The van der Waals surface area contributed by atoms with Crippen molar-refractivity contribution >= 4 is 27.5 Å². The Morgan fingerprint density at radius 2 is 1.84 bits per heavy atom. The van der Waals surface area contributed by atoms with Crippen molar-refractivity contribution in [2.45, 2.75) is 13.2 Å². The molecule has 8 nitrogen and oxygen atoms in total. The van der Waals surface area contributed by atoms with Gasteiger partial charge in [-0.05, 0) is 23.3 Å². The maximum absolute atomic E-state index is 13.2. The van der Waals surface area contributed by atoms with Crippen LogP contribution in [-0.4, -0.2) is 21.9 Å². The number of esters is 1. The van der Waals surface area contributed by atoms with Gasteiger partial charge in [-0.25, -0.2) is 9.59 Å². The molecule has 0 fully saturated rings. The van der Waals surface area contributed by atoms with Gasteiger partial charge >= 0.3 is 11.7 Å². The molecule has 0 spiro atoms. The van der Waals surface area contributed by atoms with Crippen LogP contribution >= 0.6 is 11.3 Å². The minimum Gasteiger partial charge on any atom is -0.457 e. The smallest absolute Gasteiger partial charge is 0.340 e. The molecule has 5 rings (SSSR count).